The molecule has 2 aromatic heterocycles. The highest BCUT2D eigenvalue weighted by atomic mass is 15.3. The van der Waals surface area contributed by atoms with Gasteiger partial charge in [0.15, 0.2) is 5.82 Å². The monoisotopic (exact) mass is 275 g/mol. The van der Waals surface area contributed by atoms with E-state index >= 15 is 0 Å². The van der Waals surface area contributed by atoms with E-state index in [1.807, 2.05) is 25.6 Å². The molecule has 7 nitrogen and oxygen atoms in total. The average molecular weight is 275 g/mol. The summed E-state index contributed by atoms with van der Waals surface area (Å²) in [5, 5.41) is 14.3. The van der Waals surface area contributed by atoms with E-state index in [1.54, 1.807) is 6.33 Å². The Labute approximate surface area is 118 Å². The zero-order valence-electron chi connectivity index (χ0n) is 12.4. The fourth-order valence-corrected chi connectivity index (χ4v) is 1.94. The van der Waals surface area contributed by atoms with Crippen LogP contribution in [0.1, 0.15) is 30.6 Å². The Morgan fingerprint density at radius 3 is 2.60 bits per heavy atom. The Morgan fingerprint density at radius 1 is 1.25 bits per heavy atom. The van der Waals surface area contributed by atoms with Crippen LogP contribution >= 0.6 is 0 Å². The number of aryl methyl sites for hydroxylation is 2. The minimum Gasteiger partial charge on any atom is -0.373 e. The molecule has 0 aromatic carbocycles. The molecule has 0 fully saturated rings. The summed E-state index contributed by atoms with van der Waals surface area (Å²) in [7, 11) is 3.79. The number of nitrogens with zero attached hydrogens (tertiary/aromatic N) is 5. The van der Waals surface area contributed by atoms with E-state index in [4.69, 9.17) is 0 Å². The van der Waals surface area contributed by atoms with Crippen LogP contribution in [0.2, 0.25) is 0 Å². The Kier molecular flexibility index (Phi) is 4.49. The predicted octanol–water partition coefficient (Wildman–Crippen LogP) is 1.52. The third kappa shape index (κ3) is 3.04. The molecule has 0 spiro atoms. The third-order valence-corrected chi connectivity index (χ3v) is 3.12. The van der Waals surface area contributed by atoms with Crippen molar-refractivity contribution in [1.29, 1.82) is 0 Å². The molecule has 2 N–H and O–H groups in total. The van der Waals surface area contributed by atoms with Gasteiger partial charge in [-0.2, -0.15) is 0 Å². The van der Waals surface area contributed by atoms with Crippen LogP contribution in [0.4, 0.5) is 11.6 Å². The number of aromatic nitrogens is 5. The van der Waals surface area contributed by atoms with E-state index in [0.29, 0.717) is 6.54 Å². The van der Waals surface area contributed by atoms with Gasteiger partial charge in [0, 0.05) is 26.1 Å². The lowest BCUT2D eigenvalue weighted by molar-refractivity contribution is 0.800. The van der Waals surface area contributed by atoms with E-state index in [9.17, 15) is 0 Å². The van der Waals surface area contributed by atoms with Crippen molar-refractivity contribution in [2.75, 3.05) is 17.7 Å². The molecule has 0 radical (unpaired) electrons. The van der Waals surface area contributed by atoms with Crippen molar-refractivity contribution in [3.05, 3.63) is 23.5 Å². The summed E-state index contributed by atoms with van der Waals surface area (Å²) in [5.74, 6) is 3.42. The van der Waals surface area contributed by atoms with E-state index in [2.05, 4.69) is 37.7 Å². The normalized spacial score (nSPS) is 10.6. The van der Waals surface area contributed by atoms with Crippen LogP contribution in [0, 0.1) is 6.92 Å². The summed E-state index contributed by atoms with van der Waals surface area (Å²) in [6.45, 7) is 4.71. The van der Waals surface area contributed by atoms with Crippen molar-refractivity contribution in [2.24, 2.45) is 7.05 Å². The summed E-state index contributed by atoms with van der Waals surface area (Å²) in [6.07, 6.45) is 3.58. The molecule has 0 atom stereocenters. The molecule has 0 unspecified atom stereocenters. The highest BCUT2D eigenvalue weighted by Crippen LogP contribution is 2.20. The van der Waals surface area contributed by atoms with Gasteiger partial charge in [-0.15, -0.1) is 10.2 Å². The van der Waals surface area contributed by atoms with Crippen molar-refractivity contribution in [3.63, 3.8) is 0 Å². The summed E-state index contributed by atoms with van der Waals surface area (Å²) in [4.78, 5) is 9.09. The predicted molar refractivity (Wildman–Crippen MR) is 78.6 cm³/mol. The Bertz CT molecular complexity index is 576. The fourth-order valence-electron chi connectivity index (χ4n) is 1.94. The van der Waals surface area contributed by atoms with Crippen LogP contribution in [-0.4, -0.2) is 31.8 Å². The van der Waals surface area contributed by atoms with Crippen molar-refractivity contribution >= 4 is 11.6 Å². The maximum Gasteiger partial charge on any atom is 0.151 e. The molecule has 2 rings (SSSR count). The van der Waals surface area contributed by atoms with E-state index in [0.717, 1.165) is 41.7 Å². The number of hydrogen-bond donors (Lipinski definition) is 2. The van der Waals surface area contributed by atoms with Crippen LogP contribution in [-0.2, 0) is 20.0 Å². The maximum absolute atomic E-state index is 4.58. The van der Waals surface area contributed by atoms with Gasteiger partial charge in [0.1, 0.15) is 23.8 Å². The van der Waals surface area contributed by atoms with E-state index < -0.39 is 0 Å². The van der Waals surface area contributed by atoms with Gasteiger partial charge in [0.05, 0.1) is 6.54 Å². The fraction of sp³-hybridized carbons (Fsp3) is 0.538. The van der Waals surface area contributed by atoms with Crippen LogP contribution in [0.3, 0.4) is 0 Å². The maximum atomic E-state index is 4.58. The van der Waals surface area contributed by atoms with Crippen LogP contribution in [0.5, 0.6) is 0 Å². The van der Waals surface area contributed by atoms with Gasteiger partial charge in [-0.05, 0) is 13.3 Å². The molecular weight excluding hydrogens is 254 g/mol. The third-order valence-electron chi connectivity index (χ3n) is 3.12. The highest BCUT2D eigenvalue weighted by Gasteiger charge is 2.10. The first kappa shape index (κ1) is 14.2. The zero-order chi connectivity index (χ0) is 14.5. The second-order valence-corrected chi connectivity index (χ2v) is 4.67. The van der Waals surface area contributed by atoms with Crippen LogP contribution in [0.15, 0.2) is 6.33 Å². The molecule has 0 saturated carbocycles. The van der Waals surface area contributed by atoms with Crippen LogP contribution in [0.25, 0.3) is 0 Å². The molecule has 0 aliphatic carbocycles. The lowest BCUT2D eigenvalue weighted by atomic mass is 10.2. The van der Waals surface area contributed by atoms with E-state index in [1.165, 1.54) is 0 Å². The molecule has 2 aromatic rings. The molecule has 0 amide bonds. The van der Waals surface area contributed by atoms with Crippen molar-refractivity contribution in [2.45, 2.75) is 33.2 Å². The topological polar surface area (TPSA) is 80.5 Å². The van der Waals surface area contributed by atoms with Gasteiger partial charge in [-0.3, -0.25) is 0 Å². The second-order valence-electron chi connectivity index (χ2n) is 4.67. The van der Waals surface area contributed by atoms with Crippen molar-refractivity contribution in [1.82, 2.24) is 24.7 Å². The highest BCUT2D eigenvalue weighted by molar-refractivity contribution is 5.56. The number of rotatable bonds is 6. The van der Waals surface area contributed by atoms with Gasteiger partial charge in [-0.25, -0.2) is 9.97 Å². The molecule has 0 aliphatic heterocycles. The molecule has 108 valence electrons. The molecule has 0 aliphatic rings. The van der Waals surface area contributed by atoms with Crippen LogP contribution < -0.4 is 10.6 Å². The SMILES string of the molecule is CCCc1nc(NC)c(C)c(NCc2nncn2C)n1. The second kappa shape index (κ2) is 6.31. The van der Waals surface area contributed by atoms with Gasteiger partial charge >= 0.3 is 0 Å². The molecular formula is C13H21N7. The van der Waals surface area contributed by atoms with Crippen molar-refractivity contribution in [3.8, 4) is 0 Å². The average Bonchev–Trinajstić information content (AvgIpc) is 2.84. The first-order valence-electron chi connectivity index (χ1n) is 6.77. The summed E-state index contributed by atoms with van der Waals surface area (Å²) in [5.41, 5.74) is 1.01. The van der Waals surface area contributed by atoms with E-state index in [-0.39, 0.29) is 0 Å². The minimum atomic E-state index is 0.586. The molecule has 2 heterocycles. The summed E-state index contributed by atoms with van der Waals surface area (Å²) < 4.78 is 1.88. The quantitative estimate of drug-likeness (QED) is 0.832. The van der Waals surface area contributed by atoms with Gasteiger partial charge < -0.3 is 15.2 Å². The number of anilines is 2. The molecule has 20 heavy (non-hydrogen) atoms. The molecule has 7 heteroatoms. The lowest BCUT2D eigenvalue weighted by Crippen LogP contribution is -2.11. The largest absolute Gasteiger partial charge is 0.373 e. The molecule has 0 saturated heterocycles. The van der Waals surface area contributed by atoms with Crippen molar-refractivity contribution < 1.29 is 0 Å². The summed E-state index contributed by atoms with van der Waals surface area (Å²) >= 11 is 0. The first-order valence-corrected chi connectivity index (χ1v) is 6.77. The lowest BCUT2D eigenvalue weighted by Gasteiger charge is -2.13. The minimum absolute atomic E-state index is 0.586. The standard InChI is InChI=1S/C13H21N7/c1-5-6-10-17-12(14-3)9(2)13(18-10)15-7-11-19-16-8-20(11)4/h8H,5-7H2,1-4H3,(H2,14,15,17,18). The van der Waals surface area contributed by atoms with Gasteiger partial charge in [-0.1, -0.05) is 6.92 Å². The number of nitrogens with one attached hydrogen (secondary N) is 2. The zero-order valence-corrected chi connectivity index (χ0v) is 12.4. The van der Waals surface area contributed by atoms with Gasteiger partial charge in [0.25, 0.3) is 0 Å². The summed E-state index contributed by atoms with van der Waals surface area (Å²) in [6, 6.07) is 0. The smallest absolute Gasteiger partial charge is 0.151 e. The Hall–Kier alpha value is -2.18. The molecule has 0 bridgehead atoms. The van der Waals surface area contributed by atoms with Gasteiger partial charge in [0.2, 0.25) is 0 Å². The Morgan fingerprint density at radius 2 is 2.00 bits per heavy atom. The first-order chi connectivity index (χ1) is 9.65. The number of hydrogen-bond acceptors (Lipinski definition) is 6. The Balaban J connectivity index is 2.21.